The van der Waals surface area contributed by atoms with Gasteiger partial charge in [0.1, 0.15) is 24.1 Å². The van der Waals surface area contributed by atoms with Gasteiger partial charge in [-0.2, -0.15) is 0 Å². The summed E-state index contributed by atoms with van der Waals surface area (Å²) in [5.74, 6) is 0.785. The summed E-state index contributed by atoms with van der Waals surface area (Å²) in [6.07, 6.45) is 3.90. The predicted molar refractivity (Wildman–Crippen MR) is 203 cm³/mol. The van der Waals surface area contributed by atoms with Crippen molar-refractivity contribution < 1.29 is 28.5 Å². The average molecular weight is 693 g/mol. The van der Waals surface area contributed by atoms with Crippen LogP contribution < -0.4 is 15.1 Å². The van der Waals surface area contributed by atoms with Crippen LogP contribution in [0.4, 0.5) is 0 Å². The topological polar surface area (TPSA) is 66.4 Å². The van der Waals surface area contributed by atoms with Gasteiger partial charge in [0, 0.05) is 0 Å². The second-order valence-corrected chi connectivity index (χ2v) is 18.1. The van der Waals surface area contributed by atoms with Crippen molar-refractivity contribution in [1.82, 2.24) is 0 Å². The Morgan fingerprint density at radius 1 is 0.760 bits per heavy atom. The fraction of sp³-hybridized carbons (Fsp3) is 0.349. The molecule has 1 unspecified atom stereocenters. The molecule has 264 valence electrons. The predicted octanol–water partition coefficient (Wildman–Crippen LogP) is 7.39. The van der Waals surface area contributed by atoms with E-state index in [9.17, 15) is 5.11 Å². The van der Waals surface area contributed by atoms with Gasteiger partial charge >= 0.3 is 0 Å². The Morgan fingerprint density at radius 2 is 1.26 bits per heavy atom. The van der Waals surface area contributed by atoms with Crippen LogP contribution in [0.1, 0.15) is 44.7 Å². The lowest BCUT2D eigenvalue weighted by Crippen LogP contribution is -2.67. The minimum atomic E-state index is -2.91. The number of methoxy groups -OCH3 is 1. The highest BCUT2D eigenvalue weighted by molar-refractivity contribution is 6.99. The van der Waals surface area contributed by atoms with Crippen molar-refractivity contribution in [2.24, 2.45) is 0 Å². The summed E-state index contributed by atoms with van der Waals surface area (Å²) in [4.78, 5) is 0. The summed E-state index contributed by atoms with van der Waals surface area (Å²) in [6, 6.07) is 39.2. The van der Waals surface area contributed by atoms with E-state index >= 15 is 0 Å². The normalized spacial score (nSPS) is 21.3. The third kappa shape index (κ3) is 9.29. The Morgan fingerprint density at radius 3 is 1.78 bits per heavy atom. The van der Waals surface area contributed by atoms with Gasteiger partial charge in [-0.3, -0.25) is 0 Å². The first kappa shape index (κ1) is 37.4. The fourth-order valence-electron chi connectivity index (χ4n) is 6.71. The van der Waals surface area contributed by atoms with Crippen molar-refractivity contribution in [2.75, 3.05) is 13.7 Å². The standard InChI is InChI=1S/C43H52O6Si/c1-6-38(44)42-40(47-31-34-26-28-35(45-5)29-27-34)25-17-16-24-39(46-30-33-18-10-7-11-19-33)41(49-42)32-48-50(43(2,3)4,36-20-12-8-13-21-36)37-22-14-9-15-23-37/h6-23,26-29,38-42,44H,1,24-25,30-32H2,2-5H3/b17-16-/t38?,39-,40-,41+,42+/m0/s1. The van der Waals surface area contributed by atoms with Crippen LogP contribution >= 0.6 is 0 Å². The first-order valence-electron chi connectivity index (χ1n) is 17.5. The number of hydrogen-bond acceptors (Lipinski definition) is 6. The van der Waals surface area contributed by atoms with Crippen molar-refractivity contribution in [3.05, 3.63) is 151 Å². The zero-order chi connectivity index (χ0) is 35.4. The summed E-state index contributed by atoms with van der Waals surface area (Å²) >= 11 is 0. The van der Waals surface area contributed by atoms with Gasteiger partial charge in [-0.05, 0) is 51.5 Å². The molecular formula is C43H52O6Si. The minimum absolute atomic E-state index is 0.224. The Balaban J connectivity index is 1.50. The molecular weight excluding hydrogens is 641 g/mol. The third-order valence-corrected chi connectivity index (χ3v) is 14.4. The molecule has 4 aromatic carbocycles. The number of ether oxygens (including phenoxy) is 4. The highest BCUT2D eigenvalue weighted by atomic mass is 28.4. The molecule has 0 aromatic heterocycles. The van der Waals surface area contributed by atoms with Crippen LogP contribution in [0, 0.1) is 0 Å². The molecule has 5 rings (SSSR count). The molecule has 5 atom stereocenters. The second-order valence-electron chi connectivity index (χ2n) is 13.8. The van der Waals surface area contributed by atoms with E-state index in [4.69, 9.17) is 23.4 Å². The largest absolute Gasteiger partial charge is 0.497 e. The quantitative estimate of drug-likeness (QED) is 0.110. The molecule has 0 fully saturated rings. The average Bonchev–Trinajstić information content (AvgIpc) is 3.23. The molecule has 0 saturated heterocycles. The van der Waals surface area contributed by atoms with Crippen molar-refractivity contribution in [1.29, 1.82) is 0 Å². The zero-order valence-corrected chi connectivity index (χ0v) is 30.8. The summed E-state index contributed by atoms with van der Waals surface area (Å²) in [5.41, 5.74) is 2.07. The number of benzene rings is 4. The molecule has 4 aromatic rings. The van der Waals surface area contributed by atoms with Gasteiger partial charge in [-0.25, -0.2) is 0 Å². The fourth-order valence-corrected chi connectivity index (χ4v) is 11.3. The van der Waals surface area contributed by atoms with E-state index < -0.39 is 32.7 Å². The first-order chi connectivity index (χ1) is 24.2. The van der Waals surface area contributed by atoms with Gasteiger partial charge in [0.15, 0.2) is 0 Å². The van der Waals surface area contributed by atoms with E-state index in [1.165, 1.54) is 16.4 Å². The van der Waals surface area contributed by atoms with Crippen LogP contribution in [-0.2, 0) is 31.9 Å². The van der Waals surface area contributed by atoms with E-state index in [1.807, 2.05) is 54.6 Å². The number of hydrogen-bond donors (Lipinski definition) is 1. The molecule has 1 aliphatic heterocycles. The lowest BCUT2D eigenvalue weighted by Gasteiger charge is -2.44. The van der Waals surface area contributed by atoms with Crippen molar-refractivity contribution in [3.8, 4) is 5.75 Å². The van der Waals surface area contributed by atoms with E-state index in [0.717, 1.165) is 16.9 Å². The summed E-state index contributed by atoms with van der Waals surface area (Å²) in [7, 11) is -1.26. The first-order valence-corrected chi connectivity index (χ1v) is 19.4. The lowest BCUT2D eigenvalue weighted by atomic mass is 10.0. The number of rotatable bonds is 14. The molecule has 0 bridgehead atoms. The van der Waals surface area contributed by atoms with Crippen LogP contribution in [0.3, 0.4) is 0 Å². The van der Waals surface area contributed by atoms with Crippen LogP contribution in [-0.4, -0.2) is 57.7 Å². The second kappa shape index (κ2) is 17.9. The van der Waals surface area contributed by atoms with E-state index in [1.54, 1.807) is 7.11 Å². The Hall–Kier alpha value is -3.82. The van der Waals surface area contributed by atoms with Crippen LogP contribution in [0.25, 0.3) is 0 Å². The number of aliphatic hydroxyl groups excluding tert-OH is 1. The Kier molecular flexibility index (Phi) is 13.4. The smallest absolute Gasteiger partial charge is 0.261 e. The van der Waals surface area contributed by atoms with E-state index in [2.05, 4.69) is 100 Å². The van der Waals surface area contributed by atoms with Gasteiger partial charge in [0.05, 0.1) is 39.1 Å². The molecule has 0 spiro atoms. The number of aliphatic hydroxyl groups is 1. The SMILES string of the molecule is C=CC(O)[C@H]1O[C@H](CO[Si](c2ccccc2)(c2ccccc2)C(C)(C)C)[C@@H](OCc2ccccc2)C/C=C\C[C@@H]1OCc1ccc(OC)cc1. The van der Waals surface area contributed by atoms with Crippen LogP contribution in [0.15, 0.2) is 140 Å². The van der Waals surface area contributed by atoms with Gasteiger partial charge in [0.2, 0.25) is 0 Å². The van der Waals surface area contributed by atoms with Crippen molar-refractivity contribution >= 4 is 18.7 Å². The van der Waals surface area contributed by atoms with E-state index in [-0.39, 0.29) is 17.7 Å². The summed E-state index contributed by atoms with van der Waals surface area (Å²) < 4.78 is 33.0. The summed E-state index contributed by atoms with van der Waals surface area (Å²) in [6.45, 7) is 11.8. The van der Waals surface area contributed by atoms with Crippen molar-refractivity contribution in [3.63, 3.8) is 0 Å². The lowest BCUT2D eigenvalue weighted by molar-refractivity contribution is -0.177. The Bertz CT molecular complexity index is 1560. The zero-order valence-electron chi connectivity index (χ0n) is 29.8. The molecule has 0 radical (unpaired) electrons. The molecule has 50 heavy (non-hydrogen) atoms. The van der Waals surface area contributed by atoms with Gasteiger partial charge in [-0.15, -0.1) is 6.58 Å². The van der Waals surface area contributed by atoms with Gasteiger partial charge in [-0.1, -0.05) is 142 Å². The molecule has 0 aliphatic carbocycles. The van der Waals surface area contributed by atoms with Crippen LogP contribution in [0.2, 0.25) is 5.04 Å². The molecule has 0 amide bonds. The molecule has 0 saturated carbocycles. The molecule has 1 N–H and O–H groups in total. The van der Waals surface area contributed by atoms with Gasteiger partial charge in [0.25, 0.3) is 8.32 Å². The molecule has 1 heterocycles. The maximum absolute atomic E-state index is 11.4. The monoisotopic (exact) mass is 692 g/mol. The maximum Gasteiger partial charge on any atom is 0.261 e. The molecule has 7 heteroatoms. The van der Waals surface area contributed by atoms with E-state index in [0.29, 0.717) is 26.1 Å². The van der Waals surface area contributed by atoms with Crippen LogP contribution in [0.5, 0.6) is 5.75 Å². The summed E-state index contributed by atoms with van der Waals surface area (Å²) in [5, 5.41) is 13.6. The molecule has 6 nitrogen and oxygen atoms in total. The Labute approximate surface area is 299 Å². The van der Waals surface area contributed by atoms with Crippen molar-refractivity contribution in [2.45, 2.75) is 82.4 Å². The highest BCUT2D eigenvalue weighted by Crippen LogP contribution is 2.37. The third-order valence-electron chi connectivity index (χ3n) is 9.41. The minimum Gasteiger partial charge on any atom is -0.497 e. The maximum atomic E-state index is 11.4. The van der Waals surface area contributed by atoms with Gasteiger partial charge < -0.3 is 28.5 Å². The molecule has 1 aliphatic rings. The highest BCUT2D eigenvalue weighted by Gasteiger charge is 2.51.